The van der Waals surface area contributed by atoms with Gasteiger partial charge in [-0.3, -0.25) is 10.2 Å². The van der Waals surface area contributed by atoms with Crippen LogP contribution < -0.4 is 21.3 Å². The van der Waals surface area contributed by atoms with E-state index in [1.807, 2.05) is 7.05 Å². The Morgan fingerprint density at radius 1 is 1.30 bits per heavy atom. The zero-order chi connectivity index (χ0) is 14.8. The summed E-state index contributed by atoms with van der Waals surface area (Å²) in [5.41, 5.74) is 2.61. The van der Waals surface area contributed by atoms with Gasteiger partial charge in [0, 0.05) is 12.1 Å². The minimum absolute atomic E-state index is 0.305. The van der Waals surface area contributed by atoms with Crippen LogP contribution >= 0.6 is 0 Å². The van der Waals surface area contributed by atoms with Gasteiger partial charge in [-0.1, -0.05) is 0 Å². The van der Waals surface area contributed by atoms with E-state index in [9.17, 15) is 4.79 Å². The molecule has 0 spiro atoms. The molecule has 6 nitrogen and oxygen atoms in total. The van der Waals surface area contributed by atoms with Crippen LogP contribution in [0.5, 0.6) is 5.75 Å². The number of hydrogen-bond donors (Lipinski definition) is 3. The summed E-state index contributed by atoms with van der Waals surface area (Å²) in [6, 6.07) is 6.92. The Kier molecular flexibility index (Phi) is 7.64. The molecule has 0 fully saturated rings. The van der Waals surface area contributed by atoms with E-state index in [0.29, 0.717) is 12.2 Å². The van der Waals surface area contributed by atoms with E-state index in [2.05, 4.69) is 22.7 Å². The average molecular weight is 280 g/mol. The lowest BCUT2D eigenvalue weighted by atomic mass is 10.2. The zero-order valence-corrected chi connectivity index (χ0v) is 12.2. The van der Waals surface area contributed by atoms with Crippen LogP contribution in [0.1, 0.15) is 16.8 Å². The minimum Gasteiger partial charge on any atom is -0.492 e. The van der Waals surface area contributed by atoms with Gasteiger partial charge in [0.05, 0.1) is 0 Å². The van der Waals surface area contributed by atoms with Crippen molar-refractivity contribution in [1.29, 1.82) is 0 Å². The fraction of sp³-hybridized carbons (Fsp3) is 0.500. The van der Waals surface area contributed by atoms with E-state index >= 15 is 0 Å². The van der Waals surface area contributed by atoms with Crippen molar-refractivity contribution in [2.75, 3.05) is 40.3 Å². The molecule has 1 amide bonds. The van der Waals surface area contributed by atoms with E-state index in [0.717, 1.165) is 31.8 Å². The van der Waals surface area contributed by atoms with Gasteiger partial charge in [0.1, 0.15) is 12.4 Å². The number of nitrogens with two attached hydrogens (primary N) is 1. The summed E-state index contributed by atoms with van der Waals surface area (Å²) in [6.45, 7) is 3.56. The van der Waals surface area contributed by atoms with Gasteiger partial charge >= 0.3 is 0 Å². The SMILES string of the molecule is CNCCCN(C)CCOc1ccc(C(=O)NN)cc1. The Bertz CT molecular complexity index is 395. The van der Waals surface area contributed by atoms with E-state index < -0.39 is 0 Å². The number of ether oxygens (including phenoxy) is 1. The Labute approximate surface area is 120 Å². The number of nitrogens with zero attached hydrogens (tertiary/aromatic N) is 1. The lowest BCUT2D eigenvalue weighted by Gasteiger charge is -2.16. The Morgan fingerprint density at radius 2 is 2.00 bits per heavy atom. The van der Waals surface area contributed by atoms with Crippen LogP contribution in [0.15, 0.2) is 24.3 Å². The van der Waals surface area contributed by atoms with Crippen molar-refractivity contribution < 1.29 is 9.53 Å². The van der Waals surface area contributed by atoms with Crippen molar-refractivity contribution in [2.45, 2.75) is 6.42 Å². The maximum Gasteiger partial charge on any atom is 0.265 e. The quantitative estimate of drug-likeness (QED) is 0.261. The van der Waals surface area contributed by atoms with E-state index in [1.165, 1.54) is 0 Å². The molecular formula is C14H24N4O2. The Morgan fingerprint density at radius 3 is 2.60 bits per heavy atom. The summed E-state index contributed by atoms with van der Waals surface area (Å²) in [5, 5.41) is 3.12. The second kappa shape index (κ2) is 9.30. The highest BCUT2D eigenvalue weighted by atomic mass is 16.5. The molecule has 6 heteroatoms. The highest BCUT2D eigenvalue weighted by molar-refractivity contribution is 5.93. The van der Waals surface area contributed by atoms with Crippen LogP contribution in [0.2, 0.25) is 0 Å². The molecule has 0 radical (unpaired) electrons. The highest BCUT2D eigenvalue weighted by Crippen LogP contribution is 2.11. The number of hydrogen-bond acceptors (Lipinski definition) is 5. The van der Waals surface area contributed by atoms with Crippen LogP contribution in [-0.4, -0.2) is 51.1 Å². The summed E-state index contributed by atoms with van der Waals surface area (Å²) < 4.78 is 5.63. The summed E-state index contributed by atoms with van der Waals surface area (Å²) in [7, 11) is 4.03. The van der Waals surface area contributed by atoms with Crippen molar-refractivity contribution in [3.8, 4) is 5.75 Å². The van der Waals surface area contributed by atoms with Crippen LogP contribution in [0.25, 0.3) is 0 Å². The molecule has 0 saturated heterocycles. The highest BCUT2D eigenvalue weighted by Gasteiger charge is 2.03. The third-order valence-electron chi connectivity index (χ3n) is 2.96. The number of nitrogen functional groups attached to an aromatic ring is 1. The summed E-state index contributed by atoms with van der Waals surface area (Å²) in [5.74, 6) is 5.51. The van der Waals surface area contributed by atoms with E-state index in [1.54, 1.807) is 24.3 Å². The molecule has 0 aromatic heterocycles. The van der Waals surface area contributed by atoms with Gasteiger partial charge in [-0.05, 0) is 57.9 Å². The summed E-state index contributed by atoms with van der Waals surface area (Å²) in [6.07, 6.45) is 1.12. The first-order valence-electron chi connectivity index (χ1n) is 6.74. The molecule has 20 heavy (non-hydrogen) atoms. The topological polar surface area (TPSA) is 79.6 Å². The van der Waals surface area contributed by atoms with Gasteiger partial charge in [0.25, 0.3) is 5.91 Å². The molecule has 1 rings (SSSR count). The molecule has 0 atom stereocenters. The van der Waals surface area contributed by atoms with Crippen LogP contribution in [-0.2, 0) is 0 Å². The second-order valence-corrected chi connectivity index (χ2v) is 4.61. The maximum absolute atomic E-state index is 11.3. The standard InChI is InChI=1S/C14H24N4O2/c1-16-8-3-9-18(2)10-11-20-13-6-4-12(5-7-13)14(19)17-15/h4-7,16H,3,8-11,15H2,1-2H3,(H,17,19). The number of carbonyl (C=O) groups excluding carboxylic acids is 1. The van der Waals surface area contributed by atoms with Crippen molar-refractivity contribution in [2.24, 2.45) is 5.84 Å². The first kappa shape index (κ1) is 16.4. The van der Waals surface area contributed by atoms with Crippen molar-refractivity contribution in [3.63, 3.8) is 0 Å². The molecule has 1 aromatic rings. The number of rotatable bonds is 9. The van der Waals surface area contributed by atoms with Crippen LogP contribution in [0.4, 0.5) is 0 Å². The molecule has 0 aliphatic heterocycles. The molecule has 112 valence electrons. The lowest BCUT2D eigenvalue weighted by molar-refractivity contribution is 0.0953. The number of likely N-dealkylation sites (N-methyl/N-ethyl adjacent to an activating group) is 1. The van der Waals surface area contributed by atoms with Crippen molar-refractivity contribution in [1.82, 2.24) is 15.6 Å². The number of nitrogens with one attached hydrogen (secondary N) is 2. The lowest BCUT2D eigenvalue weighted by Crippen LogP contribution is -2.29. The van der Waals surface area contributed by atoms with Gasteiger partial charge in [-0.2, -0.15) is 0 Å². The molecule has 4 N–H and O–H groups in total. The first-order valence-corrected chi connectivity index (χ1v) is 6.74. The molecule has 0 aliphatic rings. The van der Waals surface area contributed by atoms with Crippen molar-refractivity contribution in [3.05, 3.63) is 29.8 Å². The van der Waals surface area contributed by atoms with Crippen molar-refractivity contribution >= 4 is 5.91 Å². The predicted molar refractivity (Wildman–Crippen MR) is 79.6 cm³/mol. The number of amides is 1. The molecule has 1 aromatic carbocycles. The molecule has 0 aliphatic carbocycles. The fourth-order valence-corrected chi connectivity index (χ4v) is 1.74. The van der Waals surface area contributed by atoms with Crippen LogP contribution in [0.3, 0.4) is 0 Å². The molecule has 0 bridgehead atoms. The van der Waals surface area contributed by atoms with Crippen LogP contribution in [0, 0.1) is 0 Å². The number of benzene rings is 1. The number of hydrazine groups is 1. The number of carbonyl (C=O) groups is 1. The van der Waals surface area contributed by atoms with Gasteiger partial charge in [-0.25, -0.2) is 5.84 Å². The molecular weight excluding hydrogens is 256 g/mol. The van der Waals surface area contributed by atoms with Gasteiger partial charge in [0.2, 0.25) is 0 Å². The Balaban J connectivity index is 2.26. The summed E-state index contributed by atoms with van der Waals surface area (Å²) >= 11 is 0. The first-order chi connectivity index (χ1) is 9.67. The average Bonchev–Trinajstić information content (AvgIpc) is 2.47. The molecule has 0 unspecified atom stereocenters. The predicted octanol–water partition coefficient (Wildman–Crippen LogP) is 0.210. The van der Waals surface area contributed by atoms with Gasteiger partial charge < -0.3 is 15.0 Å². The fourth-order valence-electron chi connectivity index (χ4n) is 1.74. The van der Waals surface area contributed by atoms with E-state index in [4.69, 9.17) is 10.6 Å². The summed E-state index contributed by atoms with van der Waals surface area (Å²) in [4.78, 5) is 13.5. The van der Waals surface area contributed by atoms with Gasteiger partial charge in [0.15, 0.2) is 0 Å². The monoisotopic (exact) mass is 280 g/mol. The second-order valence-electron chi connectivity index (χ2n) is 4.61. The third kappa shape index (κ3) is 6.01. The Hall–Kier alpha value is -1.63. The zero-order valence-electron chi connectivity index (χ0n) is 12.2. The van der Waals surface area contributed by atoms with E-state index in [-0.39, 0.29) is 5.91 Å². The maximum atomic E-state index is 11.3. The largest absolute Gasteiger partial charge is 0.492 e. The third-order valence-corrected chi connectivity index (χ3v) is 2.96. The molecule has 0 saturated carbocycles. The normalized spacial score (nSPS) is 10.6. The molecule has 0 heterocycles. The minimum atomic E-state index is -0.305. The van der Waals surface area contributed by atoms with Gasteiger partial charge in [-0.15, -0.1) is 0 Å². The smallest absolute Gasteiger partial charge is 0.265 e.